The van der Waals surface area contributed by atoms with Crippen molar-refractivity contribution in [3.63, 3.8) is 0 Å². The van der Waals surface area contributed by atoms with E-state index in [1.165, 1.54) is 4.31 Å². The van der Waals surface area contributed by atoms with Crippen LogP contribution in [0.4, 0.5) is 0 Å². The fraction of sp³-hybridized carbons (Fsp3) is 0.889. The number of rotatable bonds is 8. The lowest BCUT2D eigenvalue weighted by atomic mass is 10.4. The predicted molar refractivity (Wildman–Crippen MR) is 57.6 cm³/mol. The lowest BCUT2D eigenvalue weighted by Crippen LogP contribution is -2.35. The molecule has 15 heavy (non-hydrogen) atoms. The maximum atomic E-state index is 11.7. The highest BCUT2D eigenvalue weighted by Gasteiger charge is 2.19. The van der Waals surface area contributed by atoms with Crippen molar-refractivity contribution < 1.29 is 13.5 Å². The minimum atomic E-state index is -3.30. The lowest BCUT2D eigenvalue weighted by Gasteiger charge is -2.20. The molecule has 0 saturated carbocycles. The number of nitrogens with zero attached hydrogens (tertiary/aromatic N) is 2. The summed E-state index contributed by atoms with van der Waals surface area (Å²) in [6.07, 6.45) is 1.32. The van der Waals surface area contributed by atoms with E-state index in [1.54, 1.807) is 0 Å². The molecule has 0 aromatic rings. The van der Waals surface area contributed by atoms with Gasteiger partial charge in [0.2, 0.25) is 10.0 Å². The number of hydrogen-bond acceptors (Lipinski definition) is 4. The zero-order chi connectivity index (χ0) is 11.7. The molecule has 0 radical (unpaired) electrons. The van der Waals surface area contributed by atoms with Gasteiger partial charge in [-0.25, -0.2) is 8.42 Å². The Morgan fingerprint density at radius 1 is 1.40 bits per heavy atom. The van der Waals surface area contributed by atoms with Crippen LogP contribution >= 0.6 is 0 Å². The maximum Gasteiger partial charge on any atom is 0.214 e. The Balaban J connectivity index is 4.30. The Kier molecular flexibility index (Phi) is 7.30. The van der Waals surface area contributed by atoms with Gasteiger partial charge in [-0.05, 0) is 12.8 Å². The van der Waals surface area contributed by atoms with Gasteiger partial charge < -0.3 is 5.11 Å². The first kappa shape index (κ1) is 14.4. The molecule has 88 valence electrons. The van der Waals surface area contributed by atoms with Crippen molar-refractivity contribution in [2.75, 3.05) is 25.4 Å². The number of aliphatic hydroxyl groups excluding tert-OH is 1. The van der Waals surface area contributed by atoms with E-state index in [9.17, 15) is 8.42 Å². The van der Waals surface area contributed by atoms with Crippen LogP contribution < -0.4 is 0 Å². The molecule has 0 rings (SSSR count). The average molecular weight is 234 g/mol. The van der Waals surface area contributed by atoms with E-state index < -0.39 is 10.0 Å². The molecule has 0 aliphatic rings. The monoisotopic (exact) mass is 234 g/mol. The normalized spacial score (nSPS) is 11.6. The van der Waals surface area contributed by atoms with Crippen LogP contribution in [-0.2, 0) is 10.0 Å². The van der Waals surface area contributed by atoms with Crippen molar-refractivity contribution in [2.45, 2.75) is 26.2 Å². The Morgan fingerprint density at radius 2 is 2.07 bits per heavy atom. The SMILES string of the molecule is CCCN(CCO)S(=O)(=O)CCCC#N. The summed E-state index contributed by atoms with van der Waals surface area (Å²) in [4.78, 5) is 0. The first-order chi connectivity index (χ1) is 7.08. The van der Waals surface area contributed by atoms with E-state index in [4.69, 9.17) is 10.4 Å². The third kappa shape index (κ3) is 5.72. The summed E-state index contributed by atoms with van der Waals surface area (Å²) in [5.41, 5.74) is 0. The third-order valence-electron chi connectivity index (χ3n) is 1.91. The van der Waals surface area contributed by atoms with Crippen LogP contribution in [0.5, 0.6) is 0 Å². The molecule has 0 aliphatic carbocycles. The van der Waals surface area contributed by atoms with E-state index in [0.29, 0.717) is 13.0 Å². The van der Waals surface area contributed by atoms with Crippen LogP contribution in [0.3, 0.4) is 0 Å². The molecule has 6 heteroatoms. The zero-order valence-electron chi connectivity index (χ0n) is 9.02. The highest BCUT2D eigenvalue weighted by Crippen LogP contribution is 2.05. The standard InChI is InChI=1S/C9H18N2O3S/c1-2-6-11(7-8-12)15(13,14)9-4-3-5-10/h12H,2-4,6-9H2,1H3. The van der Waals surface area contributed by atoms with Crippen molar-refractivity contribution in [1.82, 2.24) is 4.31 Å². The fourth-order valence-corrected chi connectivity index (χ4v) is 2.80. The highest BCUT2D eigenvalue weighted by molar-refractivity contribution is 7.89. The van der Waals surface area contributed by atoms with Gasteiger partial charge in [0.15, 0.2) is 0 Å². The molecular weight excluding hydrogens is 216 g/mol. The van der Waals surface area contributed by atoms with Crippen LogP contribution in [-0.4, -0.2) is 43.3 Å². The Bertz CT molecular complexity index is 289. The maximum absolute atomic E-state index is 11.7. The Morgan fingerprint density at radius 3 is 2.53 bits per heavy atom. The minimum absolute atomic E-state index is 0.0133. The predicted octanol–water partition coefficient (Wildman–Crippen LogP) is 0.324. The first-order valence-corrected chi connectivity index (χ1v) is 6.65. The second-order valence-corrected chi connectivity index (χ2v) is 5.29. The molecule has 1 N–H and O–H groups in total. The van der Waals surface area contributed by atoms with E-state index in [1.807, 2.05) is 13.0 Å². The van der Waals surface area contributed by atoms with E-state index in [2.05, 4.69) is 0 Å². The molecule has 5 nitrogen and oxygen atoms in total. The van der Waals surface area contributed by atoms with Gasteiger partial charge in [0.1, 0.15) is 0 Å². The smallest absolute Gasteiger partial charge is 0.214 e. The molecule has 0 aliphatic heterocycles. The number of aliphatic hydroxyl groups is 1. The van der Waals surface area contributed by atoms with Gasteiger partial charge >= 0.3 is 0 Å². The fourth-order valence-electron chi connectivity index (χ4n) is 1.21. The van der Waals surface area contributed by atoms with Crippen LogP contribution in [0.1, 0.15) is 26.2 Å². The molecule has 0 fully saturated rings. The lowest BCUT2D eigenvalue weighted by molar-refractivity contribution is 0.253. The van der Waals surface area contributed by atoms with Crippen LogP contribution in [0.2, 0.25) is 0 Å². The summed E-state index contributed by atoms with van der Waals surface area (Å²) in [6, 6.07) is 1.91. The summed E-state index contributed by atoms with van der Waals surface area (Å²) < 4.78 is 24.7. The van der Waals surface area contributed by atoms with Gasteiger partial charge in [-0.2, -0.15) is 9.57 Å². The summed E-state index contributed by atoms with van der Waals surface area (Å²) >= 11 is 0. The quantitative estimate of drug-likeness (QED) is 0.613. The summed E-state index contributed by atoms with van der Waals surface area (Å²) in [5.74, 6) is -0.0133. The molecule has 0 unspecified atom stereocenters. The zero-order valence-corrected chi connectivity index (χ0v) is 9.83. The van der Waals surface area contributed by atoms with Crippen molar-refractivity contribution >= 4 is 10.0 Å². The van der Waals surface area contributed by atoms with Crippen molar-refractivity contribution in [1.29, 1.82) is 5.26 Å². The van der Waals surface area contributed by atoms with Gasteiger partial charge in [-0.3, -0.25) is 0 Å². The largest absolute Gasteiger partial charge is 0.395 e. The number of sulfonamides is 1. The second-order valence-electron chi connectivity index (χ2n) is 3.20. The molecule has 0 saturated heterocycles. The van der Waals surface area contributed by atoms with Crippen molar-refractivity contribution in [3.05, 3.63) is 0 Å². The summed E-state index contributed by atoms with van der Waals surface area (Å²) in [7, 11) is -3.30. The van der Waals surface area contributed by atoms with E-state index >= 15 is 0 Å². The van der Waals surface area contributed by atoms with Crippen LogP contribution in [0.15, 0.2) is 0 Å². The number of nitriles is 1. The van der Waals surface area contributed by atoms with E-state index in [-0.39, 0.29) is 25.3 Å². The van der Waals surface area contributed by atoms with Gasteiger partial charge in [-0.15, -0.1) is 0 Å². The van der Waals surface area contributed by atoms with Gasteiger partial charge in [0.25, 0.3) is 0 Å². The third-order valence-corrected chi connectivity index (χ3v) is 3.86. The summed E-state index contributed by atoms with van der Waals surface area (Å²) in [6.45, 7) is 2.28. The number of hydrogen-bond donors (Lipinski definition) is 1. The van der Waals surface area contributed by atoms with Crippen LogP contribution in [0, 0.1) is 11.3 Å². The van der Waals surface area contributed by atoms with E-state index in [0.717, 1.165) is 6.42 Å². The molecule has 0 aromatic carbocycles. The molecule has 0 spiro atoms. The van der Waals surface area contributed by atoms with Gasteiger partial charge in [-0.1, -0.05) is 6.92 Å². The first-order valence-electron chi connectivity index (χ1n) is 5.04. The average Bonchev–Trinajstić information content (AvgIpc) is 2.18. The Hall–Kier alpha value is -0.640. The second kappa shape index (κ2) is 7.63. The summed E-state index contributed by atoms with van der Waals surface area (Å²) in [5, 5.41) is 17.0. The number of unbranched alkanes of at least 4 members (excludes halogenated alkanes) is 1. The topological polar surface area (TPSA) is 81.4 Å². The molecule has 0 amide bonds. The highest BCUT2D eigenvalue weighted by atomic mass is 32.2. The minimum Gasteiger partial charge on any atom is -0.395 e. The Labute approximate surface area is 91.4 Å². The van der Waals surface area contributed by atoms with Gasteiger partial charge in [0.05, 0.1) is 18.4 Å². The van der Waals surface area contributed by atoms with Crippen molar-refractivity contribution in [3.8, 4) is 6.07 Å². The molecule has 0 heterocycles. The molecule has 0 atom stereocenters. The van der Waals surface area contributed by atoms with Gasteiger partial charge in [0, 0.05) is 19.5 Å². The molecule has 0 bridgehead atoms. The molecular formula is C9H18N2O3S. The van der Waals surface area contributed by atoms with Crippen molar-refractivity contribution in [2.24, 2.45) is 0 Å². The molecule has 0 aromatic heterocycles. The van der Waals surface area contributed by atoms with Crippen LogP contribution in [0.25, 0.3) is 0 Å².